The van der Waals surface area contributed by atoms with Crippen LogP contribution in [-0.4, -0.2) is 18.9 Å². The van der Waals surface area contributed by atoms with E-state index in [1.165, 1.54) is 19.3 Å². The van der Waals surface area contributed by atoms with Gasteiger partial charge in [-0.25, -0.2) is 0 Å². The van der Waals surface area contributed by atoms with Crippen molar-refractivity contribution in [2.75, 3.05) is 13.1 Å². The first kappa shape index (κ1) is 15.0. The molecule has 0 aromatic rings. The van der Waals surface area contributed by atoms with Gasteiger partial charge in [-0.2, -0.15) is 0 Å². The summed E-state index contributed by atoms with van der Waals surface area (Å²) in [6.07, 6.45) is 10.6. The largest absolute Gasteiger partial charge is 0.317 e. The van der Waals surface area contributed by atoms with Crippen LogP contribution in [0.3, 0.4) is 0 Å². The van der Waals surface area contributed by atoms with Crippen molar-refractivity contribution in [3.05, 3.63) is 0 Å². The van der Waals surface area contributed by atoms with Crippen LogP contribution < -0.4 is 5.32 Å². The summed E-state index contributed by atoms with van der Waals surface area (Å²) in [5.41, 5.74) is 0.0315. The lowest BCUT2D eigenvalue weighted by molar-refractivity contribution is -0.136. The van der Waals surface area contributed by atoms with Gasteiger partial charge in [0.2, 0.25) is 0 Å². The quantitative estimate of drug-likeness (QED) is 0.815. The molecule has 1 saturated carbocycles. The minimum atomic E-state index is 0.0315. The van der Waals surface area contributed by atoms with Crippen LogP contribution in [0.2, 0.25) is 0 Å². The number of rotatable bonds is 5. The van der Waals surface area contributed by atoms with Crippen LogP contribution in [0.15, 0.2) is 0 Å². The van der Waals surface area contributed by atoms with Gasteiger partial charge in [-0.1, -0.05) is 26.7 Å². The zero-order valence-electron chi connectivity index (χ0n) is 12.8. The van der Waals surface area contributed by atoms with Crippen molar-refractivity contribution in [2.45, 2.75) is 71.6 Å². The van der Waals surface area contributed by atoms with Gasteiger partial charge < -0.3 is 5.32 Å². The number of carbonyl (C=O) groups is 1. The lowest BCUT2D eigenvalue weighted by Crippen LogP contribution is -2.45. The van der Waals surface area contributed by atoms with Crippen LogP contribution in [0.25, 0.3) is 0 Å². The second-order valence-electron chi connectivity index (χ2n) is 6.77. The van der Waals surface area contributed by atoms with Crippen molar-refractivity contribution in [2.24, 2.45) is 17.3 Å². The summed E-state index contributed by atoms with van der Waals surface area (Å²) in [5, 5.41) is 3.42. The van der Waals surface area contributed by atoms with Gasteiger partial charge in [-0.05, 0) is 64.0 Å². The molecule has 0 atom stereocenters. The Labute approximate surface area is 118 Å². The van der Waals surface area contributed by atoms with Gasteiger partial charge in [0.05, 0.1) is 0 Å². The Balaban J connectivity index is 1.99. The van der Waals surface area contributed by atoms with E-state index in [-0.39, 0.29) is 5.41 Å². The SMILES string of the molecule is CCCC1(C(=O)C2CCC(CC)CC2)CCNCC1. The van der Waals surface area contributed by atoms with Gasteiger partial charge in [-0.3, -0.25) is 4.79 Å². The highest BCUT2D eigenvalue weighted by atomic mass is 16.1. The summed E-state index contributed by atoms with van der Waals surface area (Å²) in [5.74, 6) is 1.90. The van der Waals surface area contributed by atoms with E-state index in [0.29, 0.717) is 11.7 Å². The molecule has 1 heterocycles. The van der Waals surface area contributed by atoms with Crippen molar-refractivity contribution in [3.63, 3.8) is 0 Å². The van der Waals surface area contributed by atoms with Gasteiger partial charge in [0.15, 0.2) is 0 Å². The maximum Gasteiger partial charge on any atom is 0.142 e. The minimum Gasteiger partial charge on any atom is -0.317 e. The van der Waals surface area contributed by atoms with E-state index in [9.17, 15) is 4.79 Å². The average molecular weight is 265 g/mol. The van der Waals surface area contributed by atoms with Crippen LogP contribution in [0, 0.1) is 17.3 Å². The van der Waals surface area contributed by atoms with Crippen LogP contribution in [0.1, 0.15) is 71.6 Å². The van der Waals surface area contributed by atoms with Crippen molar-refractivity contribution in [1.82, 2.24) is 5.32 Å². The molecule has 0 aromatic carbocycles. The van der Waals surface area contributed by atoms with Crippen LogP contribution in [0.4, 0.5) is 0 Å². The van der Waals surface area contributed by atoms with Gasteiger partial charge in [0.1, 0.15) is 5.78 Å². The van der Waals surface area contributed by atoms with E-state index < -0.39 is 0 Å². The molecular weight excluding hydrogens is 234 g/mol. The summed E-state index contributed by atoms with van der Waals surface area (Å²) < 4.78 is 0. The predicted molar refractivity (Wildman–Crippen MR) is 80.2 cm³/mol. The summed E-state index contributed by atoms with van der Waals surface area (Å²) in [7, 11) is 0. The van der Waals surface area contributed by atoms with Crippen LogP contribution >= 0.6 is 0 Å². The number of hydrogen-bond acceptors (Lipinski definition) is 2. The number of Topliss-reactive ketones (excluding diaryl/α,β-unsaturated/α-hetero) is 1. The monoisotopic (exact) mass is 265 g/mol. The molecule has 1 saturated heterocycles. The highest BCUT2D eigenvalue weighted by Gasteiger charge is 2.42. The van der Waals surface area contributed by atoms with Crippen molar-refractivity contribution in [1.29, 1.82) is 0 Å². The number of piperidine rings is 1. The molecule has 1 N–H and O–H groups in total. The van der Waals surface area contributed by atoms with E-state index in [0.717, 1.165) is 57.5 Å². The lowest BCUT2D eigenvalue weighted by atomic mass is 9.65. The molecule has 1 aliphatic carbocycles. The summed E-state index contributed by atoms with van der Waals surface area (Å²) in [6.45, 7) is 6.59. The molecule has 2 nitrogen and oxygen atoms in total. The van der Waals surface area contributed by atoms with Crippen LogP contribution in [0.5, 0.6) is 0 Å². The zero-order valence-corrected chi connectivity index (χ0v) is 12.8. The average Bonchev–Trinajstić information content (AvgIpc) is 2.48. The second kappa shape index (κ2) is 6.88. The topological polar surface area (TPSA) is 29.1 Å². The third kappa shape index (κ3) is 3.39. The first-order valence-corrected chi connectivity index (χ1v) is 8.47. The Morgan fingerprint density at radius 1 is 1.11 bits per heavy atom. The molecule has 0 amide bonds. The molecule has 1 aliphatic heterocycles. The van der Waals surface area contributed by atoms with Gasteiger partial charge in [0.25, 0.3) is 0 Å². The highest BCUT2D eigenvalue weighted by Crippen LogP contribution is 2.42. The lowest BCUT2D eigenvalue weighted by Gasteiger charge is -2.40. The molecule has 0 radical (unpaired) electrons. The number of carbonyl (C=O) groups excluding carboxylic acids is 1. The predicted octanol–water partition coefficient (Wildman–Crippen LogP) is 3.94. The normalized spacial score (nSPS) is 31.1. The van der Waals surface area contributed by atoms with E-state index in [2.05, 4.69) is 19.2 Å². The maximum absolute atomic E-state index is 13.0. The van der Waals surface area contributed by atoms with Gasteiger partial charge >= 0.3 is 0 Å². The van der Waals surface area contributed by atoms with Crippen molar-refractivity contribution in [3.8, 4) is 0 Å². The Hall–Kier alpha value is -0.370. The van der Waals surface area contributed by atoms with Gasteiger partial charge in [-0.15, -0.1) is 0 Å². The summed E-state index contributed by atoms with van der Waals surface area (Å²) in [6, 6.07) is 0. The Bertz CT molecular complexity index is 280. The number of nitrogens with one attached hydrogen (secondary N) is 1. The van der Waals surface area contributed by atoms with Gasteiger partial charge in [0, 0.05) is 11.3 Å². The molecule has 2 fully saturated rings. The fourth-order valence-electron chi connectivity index (χ4n) is 4.27. The van der Waals surface area contributed by atoms with E-state index in [1.807, 2.05) is 0 Å². The molecule has 110 valence electrons. The molecule has 0 spiro atoms. The fraction of sp³-hybridized carbons (Fsp3) is 0.941. The molecule has 2 aliphatic rings. The molecule has 19 heavy (non-hydrogen) atoms. The maximum atomic E-state index is 13.0. The zero-order chi connectivity index (χ0) is 13.7. The highest BCUT2D eigenvalue weighted by molar-refractivity contribution is 5.87. The second-order valence-corrected chi connectivity index (χ2v) is 6.77. The summed E-state index contributed by atoms with van der Waals surface area (Å²) >= 11 is 0. The van der Waals surface area contributed by atoms with E-state index in [4.69, 9.17) is 0 Å². The number of hydrogen-bond donors (Lipinski definition) is 1. The third-order valence-corrected chi connectivity index (χ3v) is 5.61. The van der Waals surface area contributed by atoms with Crippen molar-refractivity contribution < 1.29 is 4.79 Å². The van der Waals surface area contributed by atoms with E-state index >= 15 is 0 Å². The third-order valence-electron chi connectivity index (χ3n) is 5.61. The molecule has 0 aromatic heterocycles. The molecular formula is C17H31NO. The summed E-state index contributed by atoms with van der Waals surface area (Å²) in [4.78, 5) is 13.0. The standard InChI is InChI=1S/C17H31NO/c1-3-9-17(10-12-18-13-11-17)16(19)15-7-5-14(4-2)6-8-15/h14-15,18H,3-13H2,1-2H3. The number of ketones is 1. The van der Waals surface area contributed by atoms with Crippen molar-refractivity contribution >= 4 is 5.78 Å². The Morgan fingerprint density at radius 3 is 2.26 bits per heavy atom. The van der Waals surface area contributed by atoms with Crippen LogP contribution in [-0.2, 0) is 4.79 Å². The first-order valence-electron chi connectivity index (χ1n) is 8.47. The Morgan fingerprint density at radius 2 is 1.74 bits per heavy atom. The minimum absolute atomic E-state index is 0.0315. The smallest absolute Gasteiger partial charge is 0.142 e. The van der Waals surface area contributed by atoms with E-state index in [1.54, 1.807) is 0 Å². The molecule has 0 bridgehead atoms. The molecule has 2 rings (SSSR count). The Kier molecular flexibility index (Phi) is 5.44. The molecule has 2 heteroatoms. The first-order chi connectivity index (χ1) is 9.22. The fourth-order valence-corrected chi connectivity index (χ4v) is 4.27. The molecule has 0 unspecified atom stereocenters.